The van der Waals surface area contributed by atoms with Crippen molar-refractivity contribution >= 4 is 9.84 Å². The zero-order chi connectivity index (χ0) is 9.76. The Labute approximate surface area is 85.2 Å². The minimum Gasteiger partial charge on any atom is -0.310 e. The van der Waals surface area contributed by atoms with Crippen LogP contribution in [0.5, 0.6) is 0 Å². The van der Waals surface area contributed by atoms with Crippen molar-refractivity contribution in [3.8, 4) is 0 Å². The first-order valence-electron chi connectivity index (χ1n) is 5.62. The highest BCUT2D eigenvalue weighted by atomic mass is 32.2. The number of nitrogens with one attached hydrogen (secondary N) is 1. The lowest BCUT2D eigenvalue weighted by atomic mass is 10.2. The highest BCUT2D eigenvalue weighted by Gasteiger charge is 2.53. The molecule has 1 aliphatic heterocycles. The Morgan fingerprint density at radius 1 is 1.07 bits per heavy atom. The second kappa shape index (κ2) is 2.95. The summed E-state index contributed by atoms with van der Waals surface area (Å²) in [5.74, 6) is 2.55. The van der Waals surface area contributed by atoms with Crippen molar-refractivity contribution in [1.29, 1.82) is 0 Å². The first-order chi connectivity index (χ1) is 6.66. The van der Waals surface area contributed by atoms with Crippen LogP contribution in [0.25, 0.3) is 0 Å². The lowest BCUT2D eigenvalue weighted by molar-refractivity contribution is 0.490. The molecule has 2 aliphatic carbocycles. The molecule has 80 valence electrons. The maximum absolute atomic E-state index is 11.2. The Hall–Kier alpha value is -0.0900. The van der Waals surface area contributed by atoms with Crippen molar-refractivity contribution in [1.82, 2.24) is 5.32 Å². The molecule has 3 rings (SSSR count). The smallest absolute Gasteiger partial charge is 0.151 e. The molecule has 0 bridgehead atoms. The van der Waals surface area contributed by atoms with Crippen LogP contribution in [0.3, 0.4) is 0 Å². The molecule has 1 heterocycles. The van der Waals surface area contributed by atoms with Crippen LogP contribution in [0.4, 0.5) is 0 Å². The summed E-state index contributed by atoms with van der Waals surface area (Å²) in [6.07, 6.45) is 4.94. The van der Waals surface area contributed by atoms with E-state index in [4.69, 9.17) is 0 Å². The van der Waals surface area contributed by atoms with E-state index in [2.05, 4.69) is 5.32 Å². The second-order valence-electron chi connectivity index (χ2n) is 5.05. The predicted octanol–water partition coefficient (Wildman–Crippen LogP) is 0.562. The predicted molar refractivity (Wildman–Crippen MR) is 54.8 cm³/mol. The summed E-state index contributed by atoms with van der Waals surface area (Å²) >= 11 is 0. The Kier molecular flexibility index (Phi) is 1.93. The summed E-state index contributed by atoms with van der Waals surface area (Å²) in [6, 6.07) is 0.928. The van der Waals surface area contributed by atoms with E-state index in [1.54, 1.807) is 0 Å². The highest BCUT2D eigenvalue weighted by Crippen LogP contribution is 2.52. The van der Waals surface area contributed by atoms with Crippen LogP contribution in [0.1, 0.15) is 25.7 Å². The van der Waals surface area contributed by atoms with Crippen LogP contribution in [0.15, 0.2) is 0 Å². The minimum absolute atomic E-state index is 0.260. The van der Waals surface area contributed by atoms with Crippen LogP contribution < -0.4 is 5.32 Å². The molecular weight excluding hydrogens is 198 g/mol. The topological polar surface area (TPSA) is 46.2 Å². The first kappa shape index (κ1) is 9.16. The quantitative estimate of drug-likeness (QED) is 0.732. The molecule has 3 fully saturated rings. The molecule has 4 heteroatoms. The molecule has 0 aromatic heterocycles. The standard InChI is InChI=1S/C10H17NO2S/c12-14(13)5-4-7(6-14)11-10-8-2-1-3-9(8)10/h7-11H,1-6H2. The third-order valence-corrected chi connectivity index (χ3v) is 5.84. The maximum atomic E-state index is 11.2. The van der Waals surface area contributed by atoms with Gasteiger partial charge in [0.2, 0.25) is 0 Å². The fourth-order valence-corrected chi connectivity index (χ4v) is 4.95. The van der Waals surface area contributed by atoms with Crippen molar-refractivity contribution in [2.45, 2.75) is 37.8 Å². The largest absolute Gasteiger partial charge is 0.310 e. The van der Waals surface area contributed by atoms with Gasteiger partial charge in [-0.3, -0.25) is 0 Å². The van der Waals surface area contributed by atoms with Gasteiger partial charge in [-0.05, 0) is 31.1 Å². The van der Waals surface area contributed by atoms with Crippen molar-refractivity contribution in [2.24, 2.45) is 11.8 Å². The SMILES string of the molecule is O=S1(=O)CCC(NC2C3CCCC32)C1. The summed E-state index contributed by atoms with van der Waals surface area (Å²) < 4.78 is 22.5. The van der Waals surface area contributed by atoms with E-state index >= 15 is 0 Å². The minimum atomic E-state index is -2.70. The molecule has 3 atom stereocenters. The van der Waals surface area contributed by atoms with Crippen LogP contribution in [0.2, 0.25) is 0 Å². The van der Waals surface area contributed by atoms with Gasteiger partial charge in [0, 0.05) is 12.1 Å². The van der Waals surface area contributed by atoms with Crippen molar-refractivity contribution in [3.05, 3.63) is 0 Å². The number of sulfone groups is 1. The van der Waals surface area contributed by atoms with Crippen molar-refractivity contribution in [2.75, 3.05) is 11.5 Å². The Balaban J connectivity index is 1.55. The summed E-state index contributed by atoms with van der Waals surface area (Å²) in [4.78, 5) is 0. The van der Waals surface area contributed by atoms with E-state index in [0.717, 1.165) is 18.3 Å². The van der Waals surface area contributed by atoms with Gasteiger partial charge in [-0.15, -0.1) is 0 Å². The monoisotopic (exact) mass is 215 g/mol. The summed E-state index contributed by atoms with van der Waals surface area (Å²) in [5, 5.41) is 3.53. The molecule has 0 radical (unpaired) electrons. The van der Waals surface area contributed by atoms with Gasteiger partial charge in [0.05, 0.1) is 11.5 Å². The normalized spacial score (nSPS) is 49.1. The lowest BCUT2D eigenvalue weighted by Gasteiger charge is -2.11. The lowest BCUT2D eigenvalue weighted by Crippen LogP contribution is -2.34. The first-order valence-corrected chi connectivity index (χ1v) is 7.44. The molecule has 2 saturated carbocycles. The van der Waals surface area contributed by atoms with Gasteiger partial charge in [0.25, 0.3) is 0 Å². The van der Waals surface area contributed by atoms with Gasteiger partial charge in [-0.25, -0.2) is 8.42 Å². The third kappa shape index (κ3) is 1.48. The molecule has 3 aliphatic rings. The van der Waals surface area contributed by atoms with E-state index in [1.807, 2.05) is 0 Å². The fourth-order valence-electron chi connectivity index (χ4n) is 3.27. The fraction of sp³-hybridized carbons (Fsp3) is 1.00. The number of hydrogen-bond acceptors (Lipinski definition) is 3. The second-order valence-corrected chi connectivity index (χ2v) is 7.28. The number of hydrogen-bond donors (Lipinski definition) is 1. The highest BCUT2D eigenvalue weighted by molar-refractivity contribution is 7.91. The Morgan fingerprint density at radius 3 is 2.36 bits per heavy atom. The van der Waals surface area contributed by atoms with Gasteiger partial charge in [-0.1, -0.05) is 6.42 Å². The van der Waals surface area contributed by atoms with Gasteiger partial charge < -0.3 is 5.32 Å². The molecule has 0 aromatic rings. The molecule has 1 N–H and O–H groups in total. The van der Waals surface area contributed by atoms with Crippen LogP contribution in [-0.4, -0.2) is 32.0 Å². The van der Waals surface area contributed by atoms with E-state index in [1.165, 1.54) is 19.3 Å². The van der Waals surface area contributed by atoms with E-state index < -0.39 is 9.84 Å². The Bertz CT molecular complexity index is 328. The van der Waals surface area contributed by atoms with Gasteiger partial charge in [0.1, 0.15) is 0 Å². The van der Waals surface area contributed by atoms with Crippen molar-refractivity contribution in [3.63, 3.8) is 0 Å². The van der Waals surface area contributed by atoms with E-state index in [0.29, 0.717) is 17.5 Å². The van der Waals surface area contributed by atoms with E-state index in [-0.39, 0.29) is 6.04 Å². The Morgan fingerprint density at radius 2 is 1.79 bits per heavy atom. The van der Waals surface area contributed by atoms with Gasteiger partial charge >= 0.3 is 0 Å². The number of rotatable bonds is 2. The van der Waals surface area contributed by atoms with Gasteiger partial charge in [0.15, 0.2) is 9.84 Å². The molecule has 1 saturated heterocycles. The number of fused-ring (bicyclic) bond motifs is 1. The molecule has 0 amide bonds. The molecule has 0 spiro atoms. The van der Waals surface area contributed by atoms with Gasteiger partial charge in [-0.2, -0.15) is 0 Å². The van der Waals surface area contributed by atoms with Crippen LogP contribution in [0, 0.1) is 11.8 Å². The third-order valence-electron chi connectivity index (χ3n) is 4.07. The zero-order valence-electron chi connectivity index (χ0n) is 8.28. The molecule has 3 unspecified atom stereocenters. The summed E-state index contributed by atoms with van der Waals surface area (Å²) in [6.45, 7) is 0. The van der Waals surface area contributed by atoms with Crippen LogP contribution >= 0.6 is 0 Å². The molecule has 3 nitrogen and oxygen atoms in total. The average molecular weight is 215 g/mol. The summed E-state index contributed by atoms with van der Waals surface area (Å²) in [7, 11) is -2.70. The summed E-state index contributed by atoms with van der Waals surface area (Å²) in [5.41, 5.74) is 0. The average Bonchev–Trinajstić information content (AvgIpc) is 2.52. The molecule has 0 aromatic carbocycles. The zero-order valence-corrected chi connectivity index (χ0v) is 9.09. The molecule has 14 heavy (non-hydrogen) atoms. The van der Waals surface area contributed by atoms with E-state index in [9.17, 15) is 8.42 Å². The molecular formula is C10H17NO2S. The maximum Gasteiger partial charge on any atom is 0.151 e. The van der Waals surface area contributed by atoms with Crippen LogP contribution in [-0.2, 0) is 9.84 Å². The van der Waals surface area contributed by atoms with Crippen molar-refractivity contribution < 1.29 is 8.42 Å².